The lowest BCUT2D eigenvalue weighted by Crippen LogP contribution is -2.47. The van der Waals surface area contributed by atoms with Crippen LogP contribution in [-0.2, 0) is 0 Å². The van der Waals surface area contributed by atoms with Crippen LogP contribution in [0.3, 0.4) is 0 Å². The molecule has 0 saturated carbocycles. The van der Waals surface area contributed by atoms with Crippen LogP contribution >= 0.6 is 0 Å². The number of fused-ring (bicyclic) bond motifs is 1. The van der Waals surface area contributed by atoms with Gasteiger partial charge in [-0.05, 0) is 31.0 Å². The van der Waals surface area contributed by atoms with Gasteiger partial charge in [-0.3, -0.25) is 9.97 Å². The number of pyridine rings is 2. The molecule has 5 rings (SSSR count). The van der Waals surface area contributed by atoms with E-state index >= 15 is 0 Å². The number of hydrogen-bond acceptors (Lipinski definition) is 7. The lowest BCUT2D eigenvalue weighted by Gasteiger charge is -2.41. The van der Waals surface area contributed by atoms with Crippen molar-refractivity contribution in [1.82, 2.24) is 19.9 Å². The molecule has 3 aromatic rings. The summed E-state index contributed by atoms with van der Waals surface area (Å²) < 4.78 is 0. The maximum Gasteiger partial charge on any atom is 0.150 e. The van der Waals surface area contributed by atoms with E-state index in [1.807, 2.05) is 12.3 Å². The van der Waals surface area contributed by atoms with Gasteiger partial charge in [0.05, 0.1) is 23.5 Å². The highest BCUT2D eigenvalue weighted by atomic mass is 15.3. The van der Waals surface area contributed by atoms with Crippen LogP contribution in [0, 0.1) is 17.2 Å². The van der Waals surface area contributed by atoms with Crippen LogP contribution in [0.2, 0.25) is 0 Å². The van der Waals surface area contributed by atoms with E-state index in [9.17, 15) is 0 Å². The highest BCUT2D eigenvalue weighted by Gasteiger charge is 2.34. The molecule has 0 amide bonds. The molecule has 0 unspecified atom stereocenters. The summed E-state index contributed by atoms with van der Waals surface area (Å²) in [6, 6.07) is 8.54. The first-order valence-electron chi connectivity index (χ1n) is 9.73. The summed E-state index contributed by atoms with van der Waals surface area (Å²) in [5.41, 5.74) is 1.99. The first-order valence-corrected chi connectivity index (χ1v) is 9.73. The Morgan fingerprint density at radius 1 is 0.964 bits per heavy atom. The highest BCUT2D eigenvalue weighted by Crippen LogP contribution is 2.35. The van der Waals surface area contributed by atoms with Crippen molar-refractivity contribution in [3.8, 4) is 6.07 Å². The van der Waals surface area contributed by atoms with Crippen molar-refractivity contribution in [2.24, 2.45) is 5.92 Å². The third-order valence-corrected chi connectivity index (χ3v) is 5.76. The zero-order valence-electron chi connectivity index (χ0n) is 15.6. The first-order chi connectivity index (χ1) is 13.8. The standard InChI is InChI=1S/C21H21N7/c22-11-15-4-9-27(10-5-15)21-20(24-7-8-25-21)17-13-28(14-17)19-2-1-16-3-6-23-12-18(16)26-19/h1-3,6-8,12,15,17H,4-5,9-10,13-14H2. The minimum Gasteiger partial charge on any atom is -0.355 e. The van der Waals surface area contributed by atoms with Crippen molar-refractivity contribution in [2.75, 3.05) is 36.0 Å². The Balaban J connectivity index is 1.31. The van der Waals surface area contributed by atoms with Crippen molar-refractivity contribution < 1.29 is 0 Å². The normalized spacial score (nSPS) is 18.1. The van der Waals surface area contributed by atoms with Gasteiger partial charge in [0, 0.05) is 62.0 Å². The molecule has 7 heteroatoms. The van der Waals surface area contributed by atoms with E-state index in [-0.39, 0.29) is 5.92 Å². The summed E-state index contributed by atoms with van der Waals surface area (Å²) in [6.45, 7) is 3.53. The Morgan fingerprint density at radius 2 is 1.79 bits per heavy atom. The fraction of sp³-hybridized carbons (Fsp3) is 0.381. The maximum absolute atomic E-state index is 9.13. The van der Waals surface area contributed by atoms with Gasteiger partial charge in [-0.25, -0.2) is 9.97 Å². The number of nitriles is 1. The van der Waals surface area contributed by atoms with E-state index < -0.39 is 0 Å². The van der Waals surface area contributed by atoms with E-state index in [2.05, 4.69) is 43.0 Å². The number of nitrogens with zero attached hydrogens (tertiary/aromatic N) is 7. The van der Waals surface area contributed by atoms with Gasteiger partial charge in [-0.1, -0.05) is 0 Å². The second-order valence-electron chi connectivity index (χ2n) is 7.50. The Hall–Kier alpha value is -3.27. The van der Waals surface area contributed by atoms with Crippen LogP contribution in [0.4, 0.5) is 11.6 Å². The molecule has 0 bridgehead atoms. The van der Waals surface area contributed by atoms with Crippen molar-refractivity contribution >= 4 is 22.5 Å². The zero-order valence-corrected chi connectivity index (χ0v) is 15.6. The molecular weight excluding hydrogens is 350 g/mol. The summed E-state index contributed by atoms with van der Waals surface area (Å²) in [6.07, 6.45) is 8.95. The van der Waals surface area contributed by atoms with Gasteiger partial charge in [0.25, 0.3) is 0 Å². The number of anilines is 2. The number of rotatable bonds is 3. The lowest BCUT2D eigenvalue weighted by molar-refractivity contribution is 0.473. The van der Waals surface area contributed by atoms with E-state index in [0.717, 1.165) is 67.3 Å². The van der Waals surface area contributed by atoms with Gasteiger partial charge in [0.15, 0.2) is 5.82 Å². The fourth-order valence-corrected chi connectivity index (χ4v) is 4.06. The highest BCUT2D eigenvalue weighted by molar-refractivity contribution is 5.79. The predicted molar refractivity (Wildman–Crippen MR) is 107 cm³/mol. The molecule has 0 aromatic carbocycles. The summed E-state index contributed by atoms with van der Waals surface area (Å²) in [5.74, 6) is 2.49. The third kappa shape index (κ3) is 3.01. The summed E-state index contributed by atoms with van der Waals surface area (Å²) >= 11 is 0. The minimum atomic E-state index is 0.170. The van der Waals surface area contributed by atoms with E-state index in [4.69, 9.17) is 10.2 Å². The average Bonchev–Trinajstić information content (AvgIpc) is 2.73. The molecule has 0 spiro atoms. The van der Waals surface area contributed by atoms with E-state index in [1.165, 1.54) is 0 Å². The molecule has 7 nitrogen and oxygen atoms in total. The van der Waals surface area contributed by atoms with Gasteiger partial charge < -0.3 is 9.80 Å². The SMILES string of the molecule is N#CC1CCN(c2nccnc2C2CN(c3ccc4ccncc4n3)C2)CC1. The second-order valence-corrected chi connectivity index (χ2v) is 7.50. The Labute approximate surface area is 163 Å². The van der Waals surface area contributed by atoms with Crippen molar-refractivity contribution in [2.45, 2.75) is 18.8 Å². The van der Waals surface area contributed by atoms with Gasteiger partial charge in [0.1, 0.15) is 5.82 Å². The quantitative estimate of drug-likeness (QED) is 0.700. The van der Waals surface area contributed by atoms with Crippen LogP contribution in [0.1, 0.15) is 24.5 Å². The van der Waals surface area contributed by atoms with Gasteiger partial charge in [-0.2, -0.15) is 5.26 Å². The van der Waals surface area contributed by atoms with Crippen LogP contribution in [0.15, 0.2) is 43.0 Å². The number of hydrogen-bond donors (Lipinski definition) is 0. The van der Waals surface area contributed by atoms with Crippen LogP contribution < -0.4 is 9.80 Å². The van der Waals surface area contributed by atoms with E-state index in [0.29, 0.717) is 5.92 Å². The zero-order chi connectivity index (χ0) is 18.9. The molecule has 140 valence electrons. The summed E-state index contributed by atoms with van der Waals surface area (Å²) in [5, 5.41) is 10.2. The number of piperidine rings is 1. The summed E-state index contributed by atoms with van der Waals surface area (Å²) in [7, 11) is 0. The largest absolute Gasteiger partial charge is 0.355 e. The van der Waals surface area contributed by atoms with Crippen LogP contribution in [0.5, 0.6) is 0 Å². The minimum absolute atomic E-state index is 0.170. The van der Waals surface area contributed by atoms with Crippen LogP contribution in [0.25, 0.3) is 10.9 Å². The predicted octanol–water partition coefficient (Wildman–Crippen LogP) is 2.76. The fourth-order valence-electron chi connectivity index (χ4n) is 4.06. The molecule has 28 heavy (non-hydrogen) atoms. The third-order valence-electron chi connectivity index (χ3n) is 5.76. The monoisotopic (exact) mass is 371 g/mol. The van der Waals surface area contributed by atoms with Crippen molar-refractivity contribution in [3.63, 3.8) is 0 Å². The Morgan fingerprint density at radius 3 is 2.61 bits per heavy atom. The number of aromatic nitrogens is 4. The average molecular weight is 371 g/mol. The second kappa shape index (κ2) is 7.04. The summed E-state index contributed by atoms with van der Waals surface area (Å²) in [4.78, 5) is 22.8. The van der Waals surface area contributed by atoms with Gasteiger partial charge in [0.2, 0.25) is 0 Å². The topological polar surface area (TPSA) is 81.8 Å². The van der Waals surface area contributed by atoms with Crippen molar-refractivity contribution in [3.05, 3.63) is 48.7 Å². The molecule has 0 atom stereocenters. The molecule has 3 aromatic heterocycles. The molecule has 2 aliphatic heterocycles. The molecule has 2 aliphatic rings. The molecule has 2 fully saturated rings. The van der Waals surface area contributed by atoms with Gasteiger partial charge >= 0.3 is 0 Å². The van der Waals surface area contributed by atoms with Gasteiger partial charge in [-0.15, -0.1) is 0 Å². The molecule has 0 N–H and O–H groups in total. The first kappa shape index (κ1) is 16.9. The van der Waals surface area contributed by atoms with Crippen LogP contribution in [-0.4, -0.2) is 46.1 Å². The molecule has 0 aliphatic carbocycles. The molecule has 5 heterocycles. The maximum atomic E-state index is 9.13. The van der Waals surface area contributed by atoms with Crippen molar-refractivity contribution in [1.29, 1.82) is 5.26 Å². The molecular formula is C21H21N7. The molecule has 2 saturated heterocycles. The smallest absolute Gasteiger partial charge is 0.150 e. The Kier molecular flexibility index (Phi) is 4.24. The molecule has 0 radical (unpaired) electrons. The van der Waals surface area contributed by atoms with E-state index in [1.54, 1.807) is 18.6 Å². The Bertz CT molecular complexity index is 1030. The lowest BCUT2D eigenvalue weighted by atomic mass is 9.94.